The Balaban J connectivity index is 1.47. The highest BCUT2D eigenvalue weighted by Gasteiger charge is 2.44. The minimum atomic E-state index is -1.31. The molecule has 0 saturated carbocycles. The average molecular weight is 540 g/mol. The summed E-state index contributed by atoms with van der Waals surface area (Å²) in [7, 11) is 0. The summed E-state index contributed by atoms with van der Waals surface area (Å²) in [5.74, 6) is -1.48. The second-order valence-electron chi connectivity index (χ2n) is 9.82. The molecule has 3 amide bonds. The van der Waals surface area contributed by atoms with Crippen molar-refractivity contribution in [3.05, 3.63) is 11.9 Å². The van der Waals surface area contributed by atoms with Crippen LogP contribution in [0.15, 0.2) is 6.20 Å². The number of hydrogen-bond donors (Lipinski definition) is 6. The zero-order valence-electron chi connectivity index (χ0n) is 21.2. The third-order valence-corrected chi connectivity index (χ3v) is 7.02. The standard InChI is InChI=1S/C23H37N7O8/c31-6-5-30-12-15(27-28-30)9-16-23(36)25-11-18-22(35)21(34)17(38-18)10-20(33)29(13-19(32)26-16)4-3-24-14-1-7-37-8-2-14/h12,14,16-18,21-22,24,31,34-35H,1-11,13H2,(H,25,36)(H,26,32)/t16-,17+,18-,21+,22-/m1/s1. The third kappa shape index (κ3) is 7.45. The van der Waals surface area contributed by atoms with Crippen molar-refractivity contribution in [1.29, 1.82) is 0 Å². The molecule has 38 heavy (non-hydrogen) atoms. The van der Waals surface area contributed by atoms with Crippen LogP contribution in [0.25, 0.3) is 0 Å². The van der Waals surface area contributed by atoms with Gasteiger partial charge in [0.05, 0.1) is 37.9 Å². The predicted molar refractivity (Wildman–Crippen MR) is 129 cm³/mol. The second-order valence-corrected chi connectivity index (χ2v) is 9.82. The van der Waals surface area contributed by atoms with E-state index in [-0.39, 0.29) is 51.7 Å². The van der Waals surface area contributed by atoms with E-state index in [0.717, 1.165) is 12.8 Å². The van der Waals surface area contributed by atoms with Gasteiger partial charge in [-0.25, -0.2) is 4.68 Å². The molecule has 3 fully saturated rings. The highest BCUT2D eigenvalue weighted by Crippen LogP contribution is 2.24. The van der Waals surface area contributed by atoms with E-state index in [0.29, 0.717) is 25.5 Å². The molecule has 6 N–H and O–H groups in total. The Hall–Kier alpha value is -2.69. The lowest BCUT2D eigenvalue weighted by molar-refractivity contribution is -0.139. The molecule has 3 aliphatic rings. The summed E-state index contributed by atoms with van der Waals surface area (Å²) in [5.41, 5.74) is 0.421. The van der Waals surface area contributed by atoms with Gasteiger partial charge in [-0.2, -0.15) is 0 Å². The molecule has 15 nitrogen and oxygen atoms in total. The van der Waals surface area contributed by atoms with E-state index in [1.165, 1.54) is 9.58 Å². The maximum atomic E-state index is 13.2. The number of aliphatic hydroxyl groups excluding tert-OH is 3. The number of fused-ring (bicyclic) bond motifs is 2. The number of aromatic nitrogens is 3. The van der Waals surface area contributed by atoms with Gasteiger partial charge in [-0.3, -0.25) is 14.4 Å². The lowest BCUT2D eigenvalue weighted by Gasteiger charge is -2.28. The van der Waals surface area contributed by atoms with Crippen LogP contribution in [0.3, 0.4) is 0 Å². The van der Waals surface area contributed by atoms with Crippen molar-refractivity contribution in [2.24, 2.45) is 0 Å². The fourth-order valence-corrected chi connectivity index (χ4v) is 4.86. The van der Waals surface area contributed by atoms with E-state index in [9.17, 15) is 24.6 Å². The van der Waals surface area contributed by atoms with Crippen molar-refractivity contribution in [1.82, 2.24) is 35.8 Å². The van der Waals surface area contributed by atoms with E-state index < -0.39 is 48.2 Å². The summed E-state index contributed by atoms with van der Waals surface area (Å²) in [4.78, 5) is 40.6. The molecule has 0 unspecified atom stereocenters. The van der Waals surface area contributed by atoms with E-state index in [1.807, 2.05) is 0 Å². The zero-order chi connectivity index (χ0) is 27.1. The Morgan fingerprint density at radius 1 is 1.11 bits per heavy atom. The fourth-order valence-electron chi connectivity index (χ4n) is 4.86. The van der Waals surface area contributed by atoms with Crippen LogP contribution in [-0.2, 0) is 36.8 Å². The van der Waals surface area contributed by atoms with Gasteiger partial charge in [-0.1, -0.05) is 5.21 Å². The molecule has 3 saturated heterocycles. The number of carbonyl (C=O) groups excluding carboxylic acids is 3. The number of hydrogen-bond acceptors (Lipinski definition) is 11. The first-order valence-corrected chi connectivity index (χ1v) is 13.0. The summed E-state index contributed by atoms with van der Waals surface area (Å²) in [5, 5.41) is 46.6. The van der Waals surface area contributed by atoms with Gasteiger partial charge in [-0.15, -0.1) is 5.10 Å². The number of nitrogens with zero attached hydrogens (tertiary/aromatic N) is 4. The summed E-state index contributed by atoms with van der Waals surface area (Å²) >= 11 is 0. The zero-order valence-corrected chi connectivity index (χ0v) is 21.2. The maximum Gasteiger partial charge on any atom is 0.243 e. The Bertz CT molecular complexity index is 956. The highest BCUT2D eigenvalue weighted by atomic mass is 16.5. The fraction of sp³-hybridized carbons (Fsp3) is 0.783. The first kappa shape index (κ1) is 28.3. The Morgan fingerprint density at radius 3 is 2.63 bits per heavy atom. The molecule has 212 valence electrons. The first-order chi connectivity index (χ1) is 18.3. The topological polar surface area (TPSA) is 200 Å². The first-order valence-electron chi connectivity index (χ1n) is 13.0. The van der Waals surface area contributed by atoms with Gasteiger partial charge >= 0.3 is 0 Å². The van der Waals surface area contributed by atoms with E-state index >= 15 is 0 Å². The Labute approximate surface area is 219 Å². The van der Waals surface area contributed by atoms with E-state index in [2.05, 4.69) is 26.3 Å². The average Bonchev–Trinajstić information content (AvgIpc) is 3.45. The molecular weight excluding hydrogens is 502 g/mol. The van der Waals surface area contributed by atoms with Crippen LogP contribution >= 0.6 is 0 Å². The van der Waals surface area contributed by atoms with Crippen molar-refractivity contribution in [2.75, 3.05) is 46.0 Å². The van der Waals surface area contributed by atoms with Crippen LogP contribution in [0.1, 0.15) is 25.0 Å². The van der Waals surface area contributed by atoms with Gasteiger partial charge in [0.2, 0.25) is 17.7 Å². The minimum absolute atomic E-state index is 0.0155. The number of amides is 3. The van der Waals surface area contributed by atoms with Gasteiger partial charge in [-0.05, 0) is 12.8 Å². The van der Waals surface area contributed by atoms with Crippen LogP contribution in [0.4, 0.5) is 0 Å². The number of rotatable bonds is 8. The van der Waals surface area contributed by atoms with Gasteiger partial charge in [0.25, 0.3) is 0 Å². The normalized spacial score (nSPS) is 29.8. The van der Waals surface area contributed by atoms with Crippen molar-refractivity contribution >= 4 is 17.7 Å². The molecular formula is C23H37N7O8. The maximum absolute atomic E-state index is 13.2. The number of nitrogens with one attached hydrogen (secondary N) is 3. The lowest BCUT2D eigenvalue weighted by Crippen LogP contribution is -2.53. The van der Waals surface area contributed by atoms with E-state index in [4.69, 9.17) is 14.6 Å². The summed E-state index contributed by atoms with van der Waals surface area (Å²) in [6.07, 6.45) is -1.40. The van der Waals surface area contributed by atoms with Gasteiger partial charge in [0, 0.05) is 51.5 Å². The van der Waals surface area contributed by atoms with Crippen molar-refractivity contribution in [3.8, 4) is 0 Å². The molecule has 0 radical (unpaired) electrons. The second kappa shape index (κ2) is 13.4. The molecule has 1 aromatic heterocycles. The lowest BCUT2D eigenvalue weighted by atomic mass is 10.0. The summed E-state index contributed by atoms with van der Waals surface area (Å²) in [6, 6.07) is -0.786. The molecule has 2 bridgehead atoms. The molecule has 3 aliphatic heterocycles. The molecule has 1 aromatic rings. The number of aliphatic hydroxyl groups is 3. The molecule has 0 spiro atoms. The van der Waals surface area contributed by atoms with Gasteiger partial charge in [0.1, 0.15) is 24.4 Å². The molecule has 4 rings (SSSR count). The SMILES string of the molecule is O=C1CN(CCNC2CCOCC2)C(=O)C[C@@H]2O[C@H](CNC(=O)[C@@H](Cc3cn(CCO)nn3)N1)[C@@H](O)[C@H]2O. The van der Waals surface area contributed by atoms with Crippen LogP contribution in [0.5, 0.6) is 0 Å². The van der Waals surface area contributed by atoms with Crippen LogP contribution in [0.2, 0.25) is 0 Å². The molecule has 15 heteroatoms. The smallest absolute Gasteiger partial charge is 0.243 e. The van der Waals surface area contributed by atoms with E-state index in [1.54, 1.807) is 6.20 Å². The number of carbonyl (C=O) groups is 3. The van der Waals surface area contributed by atoms with Crippen LogP contribution in [-0.4, -0.2) is 135 Å². The molecule has 0 aliphatic carbocycles. The van der Waals surface area contributed by atoms with Gasteiger partial charge in [0.15, 0.2) is 0 Å². The predicted octanol–water partition coefficient (Wildman–Crippen LogP) is -4.10. The third-order valence-electron chi connectivity index (χ3n) is 7.02. The monoisotopic (exact) mass is 539 g/mol. The van der Waals surface area contributed by atoms with Crippen molar-refractivity contribution in [3.63, 3.8) is 0 Å². The summed E-state index contributed by atoms with van der Waals surface area (Å²) < 4.78 is 12.5. The minimum Gasteiger partial charge on any atom is -0.394 e. The molecule has 5 atom stereocenters. The Morgan fingerprint density at radius 2 is 1.87 bits per heavy atom. The van der Waals surface area contributed by atoms with Crippen molar-refractivity contribution < 1.29 is 39.2 Å². The molecule has 0 aromatic carbocycles. The quantitative estimate of drug-likeness (QED) is 0.188. The molecule has 4 heterocycles. The van der Waals surface area contributed by atoms with Crippen molar-refractivity contribution in [2.45, 2.75) is 68.7 Å². The highest BCUT2D eigenvalue weighted by molar-refractivity contribution is 5.90. The van der Waals surface area contributed by atoms with Crippen LogP contribution < -0.4 is 16.0 Å². The van der Waals surface area contributed by atoms with Gasteiger partial charge < -0.3 is 45.6 Å². The summed E-state index contributed by atoms with van der Waals surface area (Å²) in [6.45, 7) is 1.68. The number of ether oxygens (including phenoxy) is 2. The largest absolute Gasteiger partial charge is 0.394 e. The van der Waals surface area contributed by atoms with Crippen LogP contribution in [0, 0.1) is 0 Å². The Kier molecular flexibility index (Phi) is 9.98.